The zero-order valence-corrected chi connectivity index (χ0v) is 16.8. The number of halogens is 1. The summed E-state index contributed by atoms with van der Waals surface area (Å²) in [5.41, 5.74) is 8.83. The average molecular weight is 412 g/mol. The molecule has 0 spiro atoms. The number of carbonyl (C=O) groups excluding carboxylic acids is 1. The molecular formula is C22H22ClN3O3. The molecule has 0 unspecified atom stereocenters. The first-order valence-electron chi connectivity index (χ1n) is 9.04. The fourth-order valence-electron chi connectivity index (χ4n) is 2.71. The van der Waals surface area contributed by atoms with E-state index in [1.807, 2.05) is 48.5 Å². The van der Waals surface area contributed by atoms with Gasteiger partial charge in [0.15, 0.2) is 0 Å². The number of benzene rings is 2. The largest absolute Gasteiger partial charge is 0.489 e. The van der Waals surface area contributed by atoms with Crippen LogP contribution in [0.25, 0.3) is 0 Å². The van der Waals surface area contributed by atoms with Crippen LogP contribution in [0.5, 0.6) is 5.75 Å². The zero-order valence-electron chi connectivity index (χ0n) is 16.0. The number of anilines is 1. The minimum absolute atomic E-state index is 0.182. The number of nitrogens with one attached hydrogen (secondary N) is 1. The van der Waals surface area contributed by atoms with Crippen molar-refractivity contribution >= 4 is 23.3 Å². The summed E-state index contributed by atoms with van der Waals surface area (Å²) < 4.78 is 10.8. The van der Waals surface area contributed by atoms with Gasteiger partial charge in [-0.3, -0.25) is 4.79 Å². The molecular weight excluding hydrogens is 390 g/mol. The standard InChI is InChI=1S/C22H22ClN3O3/c1-28-14-18-7-10-20(21(24)26-18)22(27)25-12-15-5-8-19(9-6-15)29-13-16-3-2-4-17(23)11-16/h2-11H,12-14H2,1H3,(H2,24,26)(H,25,27). The van der Waals surface area contributed by atoms with E-state index in [9.17, 15) is 4.79 Å². The Hall–Kier alpha value is -3.09. The molecule has 1 heterocycles. The molecule has 7 heteroatoms. The summed E-state index contributed by atoms with van der Waals surface area (Å²) in [7, 11) is 1.58. The second-order valence-corrected chi connectivity index (χ2v) is 6.85. The lowest BCUT2D eigenvalue weighted by Crippen LogP contribution is -2.24. The molecule has 0 bridgehead atoms. The van der Waals surface area contributed by atoms with Crippen molar-refractivity contribution in [1.29, 1.82) is 0 Å². The van der Waals surface area contributed by atoms with Crippen molar-refractivity contribution in [3.05, 3.63) is 88.1 Å². The molecule has 0 saturated heterocycles. The average Bonchev–Trinajstić information content (AvgIpc) is 2.72. The highest BCUT2D eigenvalue weighted by atomic mass is 35.5. The van der Waals surface area contributed by atoms with Crippen LogP contribution in [0.2, 0.25) is 5.02 Å². The van der Waals surface area contributed by atoms with Crippen LogP contribution in [0.15, 0.2) is 60.7 Å². The number of nitrogens with zero attached hydrogens (tertiary/aromatic N) is 1. The smallest absolute Gasteiger partial charge is 0.255 e. The fourth-order valence-corrected chi connectivity index (χ4v) is 2.92. The van der Waals surface area contributed by atoms with Crippen LogP contribution in [-0.4, -0.2) is 18.0 Å². The molecule has 0 saturated carbocycles. The highest BCUT2D eigenvalue weighted by Gasteiger charge is 2.11. The van der Waals surface area contributed by atoms with Gasteiger partial charge < -0.3 is 20.5 Å². The third kappa shape index (κ3) is 5.94. The normalized spacial score (nSPS) is 10.6. The predicted molar refractivity (Wildman–Crippen MR) is 113 cm³/mol. The van der Waals surface area contributed by atoms with Gasteiger partial charge in [-0.1, -0.05) is 35.9 Å². The molecule has 3 rings (SSSR count). The molecule has 0 aliphatic carbocycles. The highest BCUT2D eigenvalue weighted by Crippen LogP contribution is 2.17. The maximum Gasteiger partial charge on any atom is 0.255 e. The van der Waals surface area contributed by atoms with Crippen LogP contribution in [-0.2, 0) is 24.5 Å². The Labute approximate surface area is 174 Å². The Morgan fingerprint density at radius 3 is 2.55 bits per heavy atom. The van der Waals surface area contributed by atoms with Crippen LogP contribution < -0.4 is 15.8 Å². The number of carbonyl (C=O) groups is 1. The van der Waals surface area contributed by atoms with Crippen molar-refractivity contribution in [2.24, 2.45) is 0 Å². The van der Waals surface area contributed by atoms with Crippen molar-refractivity contribution < 1.29 is 14.3 Å². The lowest BCUT2D eigenvalue weighted by Gasteiger charge is -2.10. The monoisotopic (exact) mass is 411 g/mol. The van der Waals surface area contributed by atoms with Crippen LogP contribution >= 0.6 is 11.6 Å². The van der Waals surface area contributed by atoms with Gasteiger partial charge in [-0.05, 0) is 47.5 Å². The summed E-state index contributed by atoms with van der Waals surface area (Å²) in [6.45, 7) is 1.15. The molecule has 2 aromatic carbocycles. The Kier molecular flexibility index (Phi) is 7.05. The topological polar surface area (TPSA) is 86.5 Å². The molecule has 3 N–H and O–H groups in total. The van der Waals surface area contributed by atoms with Gasteiger partial charge in [0.05, 0.1) is 17.9 Å². The van der Waals surface area contributed by atoms with E-state index < -0.39 is 0 Å². The molecule has 0 aliphatic rings. The third-order valence-electron chi connectivity index (χ3n) is 4.19. The van der Waals surface area contributed by atoms with E-state index in [-0.39, 0.29) is 11.7 Å². The number of pyridine rings is 1. The van der Waals surface area contributed by atoms with Crippen LogP contribution in [0.1, 0.15) is 27.2 Å². The summed E-state index contributed by atoms with van der Waals surface area (Å²) in [6, 6.07) is 18.4. The van der Waals surface area contributed by atoms with E-state index in [0.717, 1.165) is 16.9 Å². The molecule has 0 fully saturated rings. The van der Waals surface area contributed by atoms with Gasteiger partial charge >= 0.3 is 0 Å². The van der Waals surface area contributed by atoms with E-state index in [4.69, 9.17) is 26.8 Å². The molecule has 1 amide bonds. The van der Waals surface area contributed by atoms with Crippen molar-refractivity contribution in [2.45, 2.75) is 19.8 Å². The summed E-state index contributed by atoms with van der Waals surface area (Å²) in [4.78, 5) is 16.5. The first kappa shape index (κ1) is 20.6. The van der Waals surface area contributed by atoms with E-state index in [2.05, 4.69) is 10.3 Å². The molecule has 6 nitrogen and oxygen atoms in total. The van der Waals surface area contributed by atoms with E-state index in [1.165, 1.54) is 0 Å². The third-order valence-corrected chi connectivity index (χ3v) is 4.43. The minimum atomic E-state index is -0.278. The maximum atomic E-state index is 12.4. The Balaban J connectivity index is 1.52. The quantitative estimate of drug-likeness (QED) is 0.585. The number of amides is 1. The number of ether oxygens (including phenoxy) is 2. The second-order valence-electron chi connectivity index (χ2n) is 6.41. The Bertz CT molecular complexity index is 977. The zero-order chi connectivity index (χ0) is 20.6. The second kappa shape index (κ2) is 9.91. The number of methoxy groups -OCH3 is 1. The predicted octanol–water partition coefficient (Wildman–Crippen LogP) is 3.97. The lowest BCUT2D eigenvalue weighted by molar-refractivity contribution is 0.0951. The number of hydrogen-bond acceptors (Lipinski definition) is 5. The molecule has 0 radical (unpaired) electrons. The lowest BCUT2D eigenvalue weighted by atomic mass is 10.2. The maximum absolute atomic E-state index is 12.4. The summed E-state index contributed by atoms with van der Waals surface area (Å²) in [5.74, 6) is 0.643. The molecule has 150 valence electrons. The number of hydrogen-bond donors (Lipinski definition) is 2. The van der Waals surface area contributed by atoms with Crippen molar-refractivity contribution in [1.82, 2.24) is 10.3 Å². The minimum Gasteiger partial charge on any atom is -0.489 e. The van der Waals surface area contributed by atoms with E-state index in [0.29, 0.717) is 36.0 Å². The van der Waals surface area contributed by atoms with Crippen molar-refractivity contribution in [3.8, 4) is 5.75 Å². The molecule has 1 aromatic heterocycles. The van der Waals surface area contributed by atoms with E-state index >= 15 is 0 Å². The number of aromatic nitrogens is 1. The molecule has 29 heavy (non-hydrogen) atoms. The van der Waals surface area contributed by atoms with Crippen LogP contribution in [0.3, 0.4) is 0 Å². The van der Waals surface area contributed by atoms with Gasteiger partial charge in [0, 0.05) is 18.7 Å². The Morgan fingerprint density at radius 2 is 1.86 bits per heavy atom. The molecule has 0 aliphatic heterocycles. The van der Waals surface area contributed by atoms with Gasteiger partial charge in [0.25, 0.3) is 5.91 Å². The van der Waals surface area contributed by atoms with Crippen LogP contribution in [0.4, 0.5) is 5.82 Å². The number of rotatable bonds is 8. The van der Waals surface area contributed by atoms with Gasteiger partial charge in [-0.2, -0.15) is 0 Å². The summed E-state index contributed by atoms with van der Waals surface area (Å²) in [6.07, 6.45) is 0. The SMILES string of the molecule is COCc1ccc(C(=O)NCc2ccc(OCc3cccc(Cl)c3)cc2)c(N)n1. The molecule has 0 atom stereocenters. The van der Waals surface area contributed by atoms with Gasteiger partial charge in [-0.15, -0.1) is 0 Å². The van der Waals surface area contributed by atoms with Gasteiger partial charge in [0.1, 0.15) is 18.2 Å². The number of nitrogen functional groups attached to an aromatic ring is 1. The first-order chi connectivity index (χ1) is 14.0. The van der Waals surface area contributed by atoms with Crippen molar-refractivity contribution in [2.75, 3.05) is 12.8 Å². The first-order valence-corrected chi connectivity index (χ1v) is 9.41. The summed E-state index contributed by atoms with van der Waals surface area (Å²) >= 11 is 5.98. The fraction of sp³-hybridized carbons (Fsp3) is 0.182. The highest BCUT2D eigenvalue weighted by molar-refractivity contribution is 6.30. The van der Waals surface area contributed by atoms with Gasteiger partial charge in [0.2, 0.25) is 0 Å². The Morgan fingerprint density at radius 1 is 1.07 bits per heavy atom. The van der Waals surface area contributed by atoms with Crippen molar-refractivity contribution in [3.63, 3.8) is 0 Å². The van der Waals surface area contributed by atoms with Gasteiger partial charge in [-0.25, -0.2) is 4.98 Å². The van der Waals surface area contributed by atoms with Crippen LogP contribution in [0, 0.1) is 0 Å². The number of nitrogens with two attached hydrogens (primary N) is 1. The van der Waals surface area contributed by atoms with E-state index in [1.54, 1.807) is 19.2 Å². The summed E-state index contributed by atoms with van der Waals surface area (Å²) in [5, 5.41) is 3.53. The molecule has 3 aromatic rings.